The van der Waals surface area contributed by atoms with E-state index in [0.717, 1.165) is 32.5 Å². The highest BCUT2D eigenvalue weighted by Gasteiger charge is 2.39. The molecule has 3 aromatic heterocycles. The van der Waals surface area contributed by atoms with Gasteiger partial charge in [-0.3, -0.25) is 4.79 Å². The second kappa shape index (κ2) is 9.49. The van der Waals surface area contributed by atoms with Crippen molar-refractivity contribution in [3.63, 3.8) is 0 Å². The second-order valence-electron chi connectivity index (χ2n) is 7.54. The van der Waals surface area contributed by atoms with Crippen molar-refractivity contribution < 1.29 is 22.7 Å². The Labute approximate surface area is 192 Å². The van der Waals surface area contributed by atoms with Gasteiger partial charge < -0.3 is 19.5 Å². The van der Waals surface area contributed by atoms with Crippen molar-refractivity contribution in [3.05, 3.63) is 22.6 Å². The zero-order chi connectivity index (χ0) is 23.6. The lowest BCUT2D eigenvalue weighted by Crippen LogP contribution is -2.36. The molecular weight excluding hydrogens is 459 g/mol. The summed E-state index contributed by atoms with van der Waals surface area (Å²) in [6.07, 6.45) is -2.50. The number of fused-ring (bicyclic) bond motifs is 2. The van der Waals surface area contributed by atoms with Gasteiger partial charge in [0.2, 0.25) is 11.8 Å². The van der Waals surface area contributed by atoms with E-state index >= 15 is 0 Å². The molecule has 4 rings (SSSR count). The Hall–Kier alpha value is -2.96. The Balaban J connectivity index is 1.62. The maximum absolute atomic E-state index is 13.2. The number of carbonyl (C=O) groups excluding carboxylic acids is 1. The van der Waals surface area contributed by atoms with Crippen molar-refractivity contribution in [3.8, 4) is 0 Å². The van der Waals surface area contributed by atoms with Gasteiger partial charge in [-0.1, -0.05) is 13.3 Å². The first-order chi connectivity index (χ1) is 15.8. The van der Waals surface area contributed by atoms with Gasteiger partial charge in [-0.2, -0.15) is 18.2 Å². The molecule has 178 valence electrons. The molecule has 0 saturated carbocycles. The highest BCUT2D eigenvalue weighted by molar-refractivity contribution is 7.18. The average molecular weight is 484 g/mol. The topological polar surface area (TPSA) is 98.1 Å². The molecule has 0 fully saturated rings. The number of anilines is 2. The minimum absolute atomic E-state index is 0.0975. The maximum atomic E-state index is 13.2. The number of esters is 1. The Kier molecular flexibility index (Phi) is 6.68. The highest BCUT2D eigenvalue weighted by atomic mass is 32.1. The van der Waals surface area contributed by atoms with Crippen LogP contribution in [0.4, 0.5) is 24.9 Å². The van der Waals surface area contributed by atoms with E-state index in [2.05, 4.69) is 32.4 Å². The van der Waals surface area contributed by atoms with Crippen LogP contribution in [0.5, 0.6) is 0 Å². The molecular formula is C20H24F3N7O2S. The number of aryl methyl sites for hydroxylation is 1. The number of nitrogens with zero attached hydrogens (tertiary/aromatic N) is 6. The lowest BCUT2D eigenvalue weighted by molar-refractivity contribution is -0.147. The third-order valence-electron chi connectivity index (χ3n) is 5.14. The SMILES string of the molecule is CCCc1cc2c(N3CCn4c(nnc4C(F)(F)F)C3)nc(NCCC(=O)OCC)nc2s1. The summed E-state index contributed by atoms with van der Waals surface area (Å²) in [4.78, 5) is 24.7. The molecule has 3 aromatic rings. The number of aromatic nitrogens is 5. The van der Waals surface area contributed by atoms with Crippen LogP contribution in [0, 0.1) is 0 Å². The fraction of sp³-hybridized carbons (Fsp3) is 0.550. The third kappa shape index (κ3) is 5.02. The summed E-state index contributed by atoms with van der Waals surface area (Å²) in [5, 5.41) is 11.0. The van der Waals surface area contributed by atoms with Crippen LogP contribution in [0.15, 0.2) is 6.07 Å². The first kappa shape index (κ1) is 23.2. The van der Waals surface area contributed by atoms with E-state index in [0.29, 0.717) is 31.5 Å². The number of thiophene rings is 1. The van der Waals surface area contributed by atoms with E-state index in [-0.39, 0.29) is 31.3 Å². The van der Waals surface area contributed by atoms with Gasteiger partial charge in [-0.15, -0.1) is 21.5 Å². The number of nitrogens with one attached hydrogen (secondary N) is 1. The highest BCUT2D eigenvalue weighted by Crippen LogP contribution is 2.35. The summed E-state index contributed by atoms with van der Waals surface area (Å²) in [5.41, 5.74) is 0. The van der Waals surface area contributed by atoms with E-state index in [4.69, 9.17) is 4.74 Å². The van der Waals surface area contributed by atoms with E-state index in [9.17, 15) is 18.0 Å². The Morgan fingerprint density at radius 3 is 2.79 bits per heavy atom. The van der Waals surface area contributed by atoms with Crippen molar-refractivity contribution in [2.24, 2.45) is 0 Å². The largest absolute Gasteiger partial charge is 0.466 e. The smallest absolute Gasteiger partial charge is 0.451 e. The number of carbonyl (C=O) groups is 1. The van der Waals surface area contributed by atoms with Crippen LogP contribution < -0.4 is 10.2 Å². The van der Waals surface area contributed by atoms with Crippen LogP contribution in [0.25, 0.3) is 10.2 Å². The van der Waals surface area contributed by atoms with Crippen molar-refractivity contribution >= 4 is 39.3 Å². The predicted molar refractivity (Wildman–Crippen MR) is 117 cm³/mol. The van der Waals surface area contributed by atoms with E-state index in [1.165, 1.54) is 0 Å². The molecule has 4 heterocycles. The van der Waals surface area contributed by atoms with Gasteiger partial charge in [-0.05, 0) is 19.4 Å². The first-order valence-electron chi connectivity index (χ1n) is 10.7. The molecule has 13 heteroatoms. The number of ether oxygens (including phenoxy) is 1. The van der Waals surface area contributed by atoms with Crippen LogP contribution in [-0.4, -0.2) is 50.4 Å². The van der Waals surface area contributed by atoms with Crippen LogP contribution in [0.3, 0.4) is 0 Å². The number of rotatable bonds is 8. The molecule has 1 N–H and O–H groups in total. The molecule has 0 unspecified atom stereocenters. The molecule has 0 aromatic carbocycles. The lowest BCUT2D eigenvalue weighted by atomic mass is 10.2. The zero-order valence-electron chi connectivity index (χ0n) is 18.3. The van der Waals surface area contributed by atoms with Gasteiger partial charge in [0.25, 0.3) is 0 Å². The van der Waals surface area contributed by atoms with Crippen molar-refractivity contribution in [1.29, 1.82) is 0 Å². The fourth-order valence-electron chi connectivity index (χ4n) is 3.70. The Bertz CT molecular complexity index is 1140. The number of halogens is 3. The normalized spacial score (nSPS) is 13.9. The molecule has 0 aliphatic carbocycles. The van der Waals surface area contributed by atoms with Crippen molar-refractivity contribution in [2.45, 2.75) is 52.4 Å². The quantitative estimate of drug-likeness (QED) is 0.485. The van der Waals surface area contributed by atoms with E-state index in [1.807, 2.05) is 11.0 Å². The summed E-state index contributed by atoms with van der Waals surface area (Å²) < 4.78 is 45.6. The average Bonchev–Trinajstić information content (AvgIpc) is 3.36. The van der Waals surface area contributed by atoms with E-state index < -0.39 is 12.0 Å². The predicted octanol–water partition coefficient (Wildman–Crippen LogP) is 3.64. The number of alkyl halides is 3. The molecule has 1 aliphatic rings. The Morgan fingerprint density at radius 2 is 2.06 bits per heavy atom. The monoisotopic (exact) mass is 483 g/mol. The van der Waals surface area contributed by atoms with Crippen molar-refractivity contribution in [1.82, 2.24) is 24.7 Å². The summed E-state index contributed by atoms with van der Waals surface area (Å²) in [7, 11) is 0. The second-order valence-corrected chi connectivity index (χ2v) is 8.66. The minimum atomic E-state index is -4.55. The maximum Gasteiger partial charge on any atom is 0.451 e. The minimum Gasteiger partial charge on any atom is -0.466 e. The summed E-state index contributed by atoms with van der Waals surface area (Å²) in [6.45, 7) is 5.03. The Morgan fingerprint density at radius 1 is 1.24 bits per heavy atom. The van der Waals surface area contributed by atoms with Crippen LogP contribution in [-0.2, 0) is 35.2 Å². The first-order valence-corrected chi connectivity index (χ1v) is 11.6. The molecule has 0 bridgehead atoms. The zero-order valence-corrected chi connectivity index (χ0v) is 19.1. The molecule has 0 atom stereocenters. The van der Waals surface area contributed by atoms with Gasteiger partial charge in [-0.25, -0.2) is 4.98 Å². The summed E-state index contributed by atoms with van der Waals surface area (Å²) in [5.74, 6) is -0.0773. The van der Waals surface area contributed by atoms with Crippen LogP contribution in [0.2, 0.25) is 0 Å². The van der Waals surface area contributed by atoms with Crippen LogP contribution >= 0.6 is 11.3 Å². The summed E-state index contributed by atoms with van der Waals surface area (Å²) >= 11 is 1.56. The van der Waals surface area contributed by atoms with Gasteiger partial charge in [0.05, 0.1) is 25.0 Å². The molecule has 0 spiro atoms. The van der Waals surface area contributed by atoms with Gasteiger partial charge in [0, 0.05) is 24.5 Å². The standard InChI is InChI=1S/C20H24F3N7O2S/c1-3-5-12-10-13-16(25-19(26-17(13)33-12)24-7-6-15(31)32-4-2)29-8-9-30-14(11-29)27-28-18(30)20(21,22)23/h10H,3-9,11H2,1-2H3,(H,24,25,26). The van der Waals surface area contributed by atoms with Gasteiger partial charge in [0.1, 0.15) is 10.6 Å². The fourth-order valence-corrected chi connectivity index (χ4v) is 4.83. The molecule has 0 radical (unpaired) electrons. The van der Waals surface area contributed by atoms with Crippen molar-refractivity contribution in [2.75, 3.05) is 29.9 Å². The number of hydrogen-bond acceptors (Lipinski definition) is 9. The van der Waals surface area contributed by atoms with Gasteiger partial charge in [0.15, 0.2) is 5.82 Å². The summed E-state index contributed by atoms with van der Waals surface area (Å²) in [6, 6.07) is 2.04. The third-order valence-corrected chi connectivity index (χ3v) is 6.23. The lowest BCUT2D eigenvalue weighted by Gasteiger charge is -2.29. The van der Waals surface area contributed by atoms with E-state index in [1.54, 1.807) is 18.3 Å². The molecule has 1 aliphatic heterocycles. The molecule has 33 heavy (non-hydrogen) atoms. The molecule has 0 saturated heterocycles. The van der Waals surface area contributed by atoms with Gasteiger partial charge >= 0.3 is 12.1 Å². The molecule has 0 amide bonds. The number of hydrogen-bond donors (Lipinski definition) is 1. The molecule has 9 nitrogen and oxygen atoms in total. The van der Waals surface area contributed by atoms with Crippen LogP contribution in [0.1, 0.15) is 43.2 Å².